The Kier molecular flexibility index (Phi) is 1.90. The first-order valence-corrected chi connectivity index (χ1v) is 4.33. The second kappa shape index (κ2) is 3.06. The maximum Gasteiger partial charge on any atom is 0.257 e. The summed E-state index contributed by atoms with van der Waals surface area (Å²) >= 11 is 0. The third-order valence-electron chi connectivity index (χ3n) is 2.32. The van der Waals surface area contributed by atoms with Crippen LogP contribution in [0.5, 0.6) is 0 Å². The second-order valence-corrected chi connectivity index (χ2v) is 3.16. The van der Waals surface area contributed by atoms with Crippen LogP contribution in [0.15, 0.2) is 11.1 Å². The van der Waals surface area contributed by atoms with Crippen LogP contribution in [0.25, 0.3) is 0 Å². The Hall–Kier alpha value is -1.56. The van der Waals surface area contributed by atoms with Gasteiger partial charge in [-0.2, -0.15) is 0 Å². The van der Waals surface area contributed by atoms with E-state index in [1.807, 2.05) is 0 Å². The number of terminal acetylenes is 1. The predicted octanol–water partition coefficient (Wildman–Crippen LogP) is 0.365. The minimum atomic E-state index is 0.0421. The fourth-order valence-electron chi connectivity index (χ4n) is 1.68. The zero-order valence-corrected chi connectivity index (χ0v) is 7.29. The summed E-state index contributed by atoms with van der Waals surface area (Å²) in [5.74, 6) is 2.44. The molecule has 1 heterocycles. The third-order valence-corrected chi connectivity index (χ3v) is 2.32. The van der Waals surface area contributed by atoms with Crippen LogP contribution in [-0.4, -0.2) is 9.55 Å². The van der Waals surface area contributed by atoms with Gasteiger partial charge in [0.1, 0.15) is 0 Å². The van der Waals surface area contributed by atoms with Gasteiger partial charge < -0.3 is 0 Å². The number of aromatic nitrogens is 2. The van der Waals surface area contributed by atoms with E-state index < -0.39 is 0 Å². The molecule has 0 aromatic carbocycles. The highest BCUT2D eigenvalue weighted by molar-refractivity contribution is 5.21. The molecule has 0 fully saturated rings. The summed E-state index contributed by atoms with van der Waals surface area (Å²) in [6, 6.07) is 0. The van der Waals surface area contributed by atoms with Crippen molar-refractivity contribution in [3.8, 4) is 12.3 Å². The number of nitrogens with zero attached hydrogens (tertiary/aromatic N) is 2. The first kappa shape index (κ1) is 8.06. The normalized spacial score (nSPS) is 13.8. The van der Waals surface area contributed by atoms with E-state index in [4.69, 9.17) is 6.42 Å². The molecule has 0 N–H and O–H groups in total. The molecule has 1 aromatic heterocycles. The van der Waals surface area contributed by atoms with E-state index in [-0.39, 0.29) is 5.56 Å². The molecule has 3 nitrogen and oxygen atoms in total. The zero-order chi connectivity index (χ0) is 9.26. The smallest absolute Gasteiger partial charge is 0.257 e. The fraction of sp³-hybridized carbons (Fsp3) is 0.400. The summed E-state index contributed by atoms with van der Waals surface area (Å²) in [5.41, 5.74) is 1.86. The van der Waals surface area contributed by atoms with E-state index >= 15 is 0 Å². The van der Waals surface area contributed by atoms with Crippen LogP contribution in [0.4, 0.5) is 0 Å². The Morgan fingerprint density at radius 3 is 3.23 bits per heavy atom. The molecule has 13 heavy (non-hydrogen) atoms. The first-order chi connectivity index (χ1) is 6.33. The van der Waals surface area contributed by atoms with Gasteiger partial charge in [0.05, 0.1) is 18.6 Å². The summed E-state index contributed by atoms with van der Waals surface area (Å²) in [4.78, 5) is 15.9. The number of hydrogen-bond acceptors (Lipinski definition) is 2. The van der Waals surface area contributed by atoms with Crippen molar-refractivity contribution in [3.05, 3.63) is 27.9 Å². The predicted molar refractivity (Wildman–Crippen MR) is 49.4 cm³/mol. The molecule has 1 aliphatic carbocycles. The molecule has 0 bridgehead atoms. The molecule has 0 amide bonds. The van der Waals surface area contributed by atoms with E-state index in [0.717, 1.165) is 30.5 Å². The van der Waals surface area contributed by atoms with Gasteiger partial charge in [-0.15, -0.1) is 6.42 Å². The lowest BCUT2D eigenvalue weighted by atomic mass is 10.2. The van der Waals surface area contributed by atoms with Gasteiger partial charge in [-0.05, 0) is 19.3 Å². The lowest BCUT2D eigenvalue weighted by molar-refractivity contribution is 0.750. The molecule has 0 saturated heterocycles. The van der Waals surface area contributed by atoms with Crippen molar-refractivity contribution < 1.29 is 0 Å². The molecule has 1 aliphatic rings. The monoisotopic (exact) mass is 174 g/mol. The zero-order valence-electron chi connectivity index (χ0n) is 7.29. The van der Waals surface area contributed by atoms with Crippen molar-refractivity contribution in [2.75, 3.05) is 0 Å². The van der Waals surface area contributed by atoms with Crippen LogP contribution in [0.2, 0.25) is 0 Å². The summed E-state index contributed by atoms with van der Waals surface area (Å²) in [7, 11) is 0. The lowest BCUT2D eigenvalue weighted by Gasteiger charge is -2.02. The minimum absolute atomic E-state index is 0.0421. The van der Waals surface area contributed by atoms with Crippen molar-refractivity contribution in [1.82, 2.24) is 9.55 Å². The number of aryl methyl sites for hydroxylation is 1. The summed E-state index contributed by atoms with van der Waals surface area (Å²) in [6.07, 6.45) is 9.51. The van der Waals surface area contributed by atoms with Crippen molar-refractivity contribution in [3.63, 3.8) is 0 Å². The van der Waals surface area contributed by atoms with E-state index in [1.54, 1.807) is 6.33 Å². The van der Waals surface area contributed by atoms with Crippen LogP contribution >= 0.6 is 0 Å². The molecule has 1 aromatic rings. The Labute approximate surface area is 76.4 Å². The maximum absolute atomic E-state index is 11.7. The van der Waals surface area contributed by atoms with Crippen LogP contribution in [0.3, 0.4) is 0 Å². The molecule has 2 rings (SSSR count). The average Bonchev–Trinajstić information content (AvgIpc) is 2.58. The summed E-state index contributed by atoms with van der Waals surface area (Å²) in [6.45, 7) is 0.319. The standard InChI is InChI=1S/C10H10N2O/c1-2-6-12-7-11-9-5-3-4-8(9)10(12)13/h1,7H,3-6H2. The van der Waals surface area contributed by atoms with Crippen molar-refractivity contribution in [2.24, 2.45) is 0 Å². The fourth-order valence-corrected chi connectivity index (χ4v) is 1.68. The molecule has 0 saturated carbocycles. The molecular formula is C10H10N2O. The highest BCUT2D eigenvalue weighted by atomic mass is 16.1. The van der Waals surface area contributed by atoms with E-state index in [1.165, 1.54) is 4.57 Å². The Balaban J connectivity index is 2.54. The van der Waals surface area contributed by atoms with Crippen LogP contribution in [-0.2, 0) is 19.4 Å². The molecule has 0 aliphatic heterocycles. The Morgan fingerprint density at radius 2 is 2.46 bits per heavy atom. The maximum atomic E-state index is 11.7. The Bertz CT molecular complexity index is 426. The SMILES string of the molecule is C#CCn1cnc2c(c1=O)CCC2. The highest BCUT2D eigenvalue weighted by Crippen LogP contribution is 2.14. The van der Waals surface area contributed by atoms with E-state index in [0.29, 0.717) is 6.54 Å². The average molecular weight is 174 g/mol. The number of fused-ring (bicyclic) bond motifs is 1. The van der Waals surface area contributed by atoms with Gasteiger partial charge in [0.2, 0.25) is 0 Å². The molecule has 0 unspecified atom stereocenters. The second-order valence-electron chi connectivity index (χ2n) is 3.16. The van der Waals surface area contributed by atoms with Gasteiger partial charge in [-0.3, -0.25) is 9.36 Å². The van der Waals surface area contributed by atoms with Crippen LogP contribution in [0.1, 0.15) is 17.7 Å². The minimum Gasteiger partial charge on any atom is -0.287 e. The largest absolute Gasteiger partial charge is 0.287 e. The van der Waals surface area contributed by atoms with Crippen LogP contribution in [0, 0.1) is 12.3 Å². The van der Waals surface area contributed by atoms with E-state index in [2.05, 4.69) is 10.9 Å². The molecule has 66 valence electrons. The summed E-state index contributed by atoms with van der Waals surface area (Å²) < 4.78 is 1.49. The van der Waals surface area contributed by atoms with Gasteiger partial charge in [0, 0.05) is 5.56 Å². The van der Waals surface area contributed by atoms with Gasteiger partial charge in [-0.25, -0.2) is 4.98 Å². The molecular weight excluding hydrogens is 164 g/mol. The van der Waals surface area contributed by atoms with Crippen molar-refractivity contribution >= 4 is 0 Å². The van der Waals surface area contributed by atoms with Crippen LogP contribution < -0.4 is 5.56 Å². The molecule has 0 spiro atoms. The van der Waals surface area contributed by atoms with Gasteiger partial charge in [-0.1, -0.05) is 5.92 Å². The topological polar surface area (TPSA) is 34.9 Å². The lowest BCUT2D eigenvalue weighted by Crippen LogP contribution is -2.23. The molecule has 0 radical (unpaired) electrons. The molecule has 3 heteroatoms. The molecule has 0 atom stereocenters. The van der Waals surface area contributed by atoms with Crippen molar-refractivity contribution in [2.45, 2.75) is 25.8 Å². The van der Waals surface area contributed by atoms with Crippen molar-refractivity contribution in [1.29, 1.82) is 0 Å². The number of hydrogen-bond donors (Lipinski definition) is 0. The van der Waals surface area contributed by atoms with E-state index in [9.17, 15) is 4.79 Å². The Morgan fingerprint density at radius 1 is 1.62 bits per heavy atom. The summed E-state index contributed by atoms with van der Waals surface area (Å²) in [5, 5.41) is 0. The third kappa shape index (κ3) is 1.25. The highest BCUT2D eigenvalue weighted by Gasteiger charge is 2.16. The van der Waals surface area contributed by atoms with Gasteiger partial charge in [0.15, 0.2) is 0 Å². The number of rotatable bonds is 1. The first-order valence-electron chi connectivity index (χ1n) is 4.33. The van der Waals surface area contributed by atoms with Gasteiger partial charge >= 0.3 is 0 Å². The van der Waals surface area contributed by atoms with Gasteiger partial charge in [0.25, 0.3) is 5.56 Å². The quantitative estimate of drug-likeness (QED) is 0.576.